The molecule has 1 rings (SSSR count). The SMILES string of the molecule is CCOC(C)(C)C(Cc1cc(CC)nn1CC)NN. The third-order valence-corrected chi connectivity index (χ3v) is 3.55. The van der Waals surface area contributed by atoms with Crippen molar-refractivity contribution in [1.29, 1.82) is 0 Å². The van der Waals surface area contributed by atoms with E-state index in [1.807, 2.05) is 11.6 Å². The Morgan fingerprint density at radius 2 is 2.11 bits per heavy atom. The van der Waals surface area contributed by atoms with Crippen LogP contribution in [0.4, 0.5) is 0 Å². The van der Waals surface area contributed by atoms with Crippen molar-refractivity contribution in [3.63, 3.8) is 0 Å². The number of nitrogens with zero attached hydrogens (tertiary/aromatic N) is 2. The lowest BCUT2D eigenvalue weighted by atomic mass is 9.94. The topological polar surface area (TPSA) is 65.1 Å². The highest BCUT2D eigenvalue weighted by atomic mass is 16.5. The minimum atomic E-state index is -0.307. The molecule has 1 heterocycles. The van der Waals surface area contributed by atoms with Crippen LogP contribution in [0.1, 0.15) is 46.0 Å². The van der Waals surface area contributed by atoms with Gasteiger partial charge in [0.2, 0.25) is 0 Å². The van der Waals surface area contributed by atoms with Crippen LogP contribution in [0.2, 0.25) is 0 Å². The summed E-state index contributed by atoms with van der Waals surface area (Å²) in [6, 6.07) is 2.22. The van der Waals surface area contributed by atoms with Crippen molar-refractivity contribution in [3.05, 3.63) is 17.5 Å². The van der Waals surface area contributed by atoms with Gasteiger partial charge in [0.25, 0.3) is 0 Å². The molecule has 0 fully saturated rings. The second-order valence-electron chi connectivity index (χ2n) is 5.26. The minimum absolute atomic E-state index is 0.0548. The minimum Gasteiger partial charge on any atom is -0.374 e. The van der Waals surface area contributed by atoms with Gasteiger partial charge in [-0.1, -0.05) is 6.92 Å². The molecule has 1 aromatic rings. The molecule has 0 amide bonds. The lowest BCUT2D eigenvalue weighted by Gasteiger charge is -2.33. The maximum atomic E-state index is 5.79. The smallest absolute Gasteiger partial charge is 0.0795 e. The normalized spacial score (nSPS) is 13.8. The van der Waals surface area contributed by atoms with Crippen molar-refractivity contribution in [2.45, 2.75) is 65.6 Å². The maximum Gasteiger partial charge on any atom is 0.0795 e. The van der Waals surface area contributed by atoms with E-state index in [4.69, 9.17) is 10.6 Å². The summed E-state index contributed by atoms with van der Waals surface area (Å²) in [4.78, 5) is 0. The summed E-state index contributed by atoms with van der Waals surface area (Å²) in [5, 5.41) is 4.57. The highest BCUT2D eigenvalue weighted by Crippen LogP contribution is 2.19. The molecule has 5 nitrogen and oxygen atoms in total. The Balaban J connectivity index is 2.88. The number of hydrogen-bond donors (Lipinski definition) is 2. The van der Waals surface area contributed by atoms with Gasteiger partial charge in [0.15, 0.2) is 0 Å². The third kappa shape index (κ3) is 4.03. The molecule has 0 aromatic carbocycles. The number of rotatable bonds is 8. The van der Waals surface area contributed by atoms with Gasteiger partial charge in [-0.2, -0.15) is 5.10 Å². The van der Waals surface area contributed by atoms with Crippen LogP contribution in [0, 0.1) is 0 Å². The molecule has 1 atom stereocenters. The van der Waals surface area contributed by atoms with Gasteiger partial charge in [-0.15, -0.1) is 0 Å². The quantitative estimate of drug-likeness (QED) is 0.556. The zero-order chi connectivity index (χ0) is 14.5. The molecule has 5 heteroatoms. The highest BCUT2D eigenvalue weighted by molar-refractivity contribution is 5.13. The van der Waals surface area contributed by atoms with Crippen molar-refractivity contribution >= 4 is 0 Å². The predicted octanol–water partition coefficient (Wildman–Crippen LogP) is 1.65. The highest BCUT2D eigenvalue weighted by Gasteiger charge is 2.30. The van der Waals surface area contributed by atoms with Crippen LogP contribution in [0.5, 0.6) is 0 Å². The number of aryl methyl sites for hydroxylation is 2. The number of aromatic nitrogens is 2. The molecule has 3 N–H and O–H groups in total. The number of hydrogen-bond acceptors (Lipinski definition) is 4. The fourth-order valence-corrected chi connectivity index (χ4v) is 2.31. The molecule has 1 aromatic heterocycles. The average molecular weight is 268 g/mol. The summed E-state index contributed by atoms with van der Waals surface area (Å²) in [7, 11) is 0. The van der Waals surface area contributed by atoms with E-state index < -0.39 is 0 Å². The predicted molar refractivity (Wildman–Crippen MR) is 77.8 cm³/mol. The standard InChI is InChI=1S/C14H28N4O/c1-6-11-9-12(18(7-2)17-11)10-13(16-15)14(4,5)19-8-3/h9,13,16H,6-8,10,15H2,1-5H3. The molecule has 1 unspecified atom stereocenters. The lowest BCUT2D eigenvalue weighted by molar-refractivity contribution is -0.0384. The van der Waals surface area contributed by atoms with Gasteiger partial charge in [-0.05, 0) is 40.2 Å². The summed E-state index contributed by atoms with van der Waals surface area (Å²) in [5.74, 6) is 5.71. The Morgan fingerprint density at radius 1 is 1.42 bits per heavy atom. The Bertz CT molecular complexity index is 387. The molecule has 0 saturated heterocycles. The Labute approximate surface area is 116 Å². The second-order valence-corrected chi connectivity index (χ2v) is 5.26. The van der Waals surface area contributed by atoms with Crippen LogP contribution in [0.15, 0.2) is 6.07 Å². The lowest BCUT2D eigenvalue weighted by Crippen LogP contribution is -2.53. The van der Waals surface area contributed by atoms with Crippen LogP contribution >= 0.6 is 0 Å². The third-order valence-electron chi connectivity index (χ3n) is 3.55. The van der Waals surface area contributed by atoms with Crippen LogP contribution < -0.4 is 11.3 Å². The monoisotopic (exact) mass is 268 g/mol. The van der Waals surface area contributed by atoms with Gasteiger partial charge in [0.1, 0.15) is 0 Å². The van der Waals surface area contributed by atoms with Crippen molar-refractivity contribution in [2.24, 2.45) is 5.84 Å². The van der Waals surface area contributed by atoms with Crippen molar-refractivity contribution in [1.82, 2.24) is 15.2 Å². The van der Waals surface area contributed by atoms with Gasteiger partial charge in [-0.25, -0.2) is 0 Å². The number of nitrogens with one attached hydrogen (secondary N) is 1. The molecule has 0 aliphatic heterocycles. The molecular formula is C14H28N4O. The summed E-state index contributed by atoms with van der Waals surface area (Å²) in [6.45, 7) is 11.9. The fraction of sp³-hybridized carbons (Fsp3) is 0.786. The van der Waals surface area contributed by atoms with Crippen molar-refractivity contribution in [3.8, 4) is 0 Å². The summed E-state index contributed by atoms with van der Waals surface area (Å²) < 4.78 is 7.84. The molecule has 0 bridgehead atoms. The van der Waals surface area contributed by atoms with Crippen LogP contribution in [-0.2, 0) is 24.1 Å². The van der Waals surface area contributed by atoms with E-state index in [1.165, 1.54) is 5.69 Å². The van der Waals surface area contributed by atoms with Gasteiger partial charge in [-0.3, -0.25) is 16.0 Å². The van der Waals surface area contributed by atoms with E-state index in [1.54, 1.807) is 0 Å². The first-order chi connectivity index (χ1) is 8.98. The summed E-state index contributed by atoms with van der Waals surface area (Å²) >= 11 is 0. The average Bonchev–Trinajstić information content (AvgIpc) is 2.77. The van der Waals surface area contributed by atoms with Crippen molar-refractivity contribution < 1.29 is 4.74 Å². The zero-order valence-corrected chi connectivity index (χ0v) is 12.9. The molecule has 0 aliphatic rings. The first-order valence-corrected chi connectivity index (χ1v) is 7.14. The molecule has 110 valence electrons. The second kappa shape index (κ2) is 7.03. The largest absolute Gasteiger partial charge is 0.374 e. The number of hydrazine groups is 1. The van der Waals surface area contributed by atoms with E-state index in [-0.39, 0.29) is 11.6 Å². The Kier molecular flexibility index (Phi) is 5.97. The van der Waals surface area contributed by atoms with Crippen LogP contribution in [0.25, 0.3) is 0 Å². The van der Waals surface area contributed by atoms with Crippen molar-refractivity contribution in [2.75, 3.05) is 6.61 Å². The van der Waals surface area contributed by atoms with Gasteiger partial charge >= 0.3 is 0 Å². The van der Waals surface area contributed by atoms with Gasteiger partial charge in [0.05, 0.1) is 17.3 Å². The molecular weight excluding hydrogens is 240 g/mol. The van der Waals surface area contributed by atoms with E-state index in [9.17, 15) is 0 Å². The summed E-state index contributed by atoms with van der Waals surface area (Å²) in [6.07, 6.45) is 1.76. The van der Waals surface area contributed by atoms with Gasteiger partial charge in [0, 0.05) is 25.3 Å². The van der Waals surface area contributed by atoms with Crippen LogP contribution in [-0.4, -0.2) is 28.0 Å². The zero-order valence-electron chi connectivity index (χ0n) is 12.9. The van der Waals surface area contributed by atoms with E-state index >= 15 is 0 Å². The van der Waals surface area contributed by atoms with E-state index in [2.05, 4.69) is 44.3 Å². The van der Waals surface area contributed by atoms with Gasteiger partial charge < -0.3 is 4.74 Å². The molecule has 0 spiro atoms. The first kappa shape index (κ1) is 16.1. The molecule has 0 saturated carbocycles. The Hall–Kier alpha value is -0.910. The number of ether oxygens (including phenoxy) is 1. The Morgan fingerprint density at radius 3 is 2.58 bits per heavy atom. The first-order valence-electron chi connectivity index (χ1n) is 7.14. The maximum absolute atomic E-state index is 5.79. The number of nitrogens with two attached hydrogens (primary N) is 1. The summed E-state index contributed by atoms with van der Waals surface area (Å²) in [5.41, 5.74) is 4.91. The van der Waals surface area contributed by atoms with Crippen LogP contribution in [0.3, 0.4) is 0 Å². The fourth-order valence-electron chi connectivity index (χ4n) is 2.31. The molecule has 0 radical (unpaired) electrons. The van der Waals surface area contributed by atoms with E-state index in [0.717, 1.165) is 25.1 Å². The van der Waals surface area contributed by atoms with E-state index in [0.29, 0.717) is 6.61 Å². The molecule has 19 heavy (non-hydrogen) atoms. The molecule has 0 aliphatic carbocycles.